The van der Waals surface area contributed by atoms with Gasteiger partial charge in [0, 0.05) is 18.7 Å². The molecule has 1 aliphatic heterocycles. The van der Waals surface area contributed by atoms with Gasteiger partial charge in [-0.2, -0.15) is 0 Å². The van der Waals surface area contributed by atoms with Crippen molar-refractivity contribution in [3.05, 3.63) is 12.2 Å². The zero-order valence-electron chi connectivity index (χ0n) is 14.9. The Morgan fingerprint density at radius 2 is 1.60 bits per heavy atom. The summed E-state index contributed by atoms with van der Waals surface area (Å²) in [6, 6.07) is 0. The number of rotatable bonds is 5. The lowest BCUT2D eigenvalue weighted by atomic mass is 9.82. The maximum Gasteiger partial charge on any atom is 0.314 e. The summed E-state index contributed by atoms with van der Waals surface area (Å²) in [6.45, 7) is 5.21. The second-order valence-electron chi connectivity index (χ2n) is 7.60. The van der Waals surface area contributed by atoms with Gasteiger partial charge in [0.1, 0.15) is 0 Å². The predicted molar refractivity (Wildman–Crippen MR) is 87.8 cm³/mol. The quantitative estimate of drug-likeness (QED) is 0.426. The highest BCUT2D eigenvalue weighted by atomic mass is 16.7. The molecule has 0 radical (unpaired) electrons. The van der Waals surface area contributed by atoms with Gasteiger partial charge in [0.05, 0.1) is 11.3 Å². The van der Waals surface area contributed by atoms with Crippen LogP contribution in [-0.2, 0) is 28.7 Å². The number of carbonyl (C=O) groups is 4. The molecule has 7 nitrogen and oxygen atoms in total. The van der Waals surface area contributed by atoms with Crippen LogP contribution < -0.4 is 0 Å². The van der Waals surface area contributed by atoms with Crippen LogP contribution in [0, 0.1) is 17.3 Å². The largest absolute Gasteiger partial charge is 0.428 e. The lowest BCUT2D eigenvalue weighted by Crippen LogP contribution is -2.36. The Balaban J connectivity index is 1.69. The fourth-order valence-corrected chi connectivity index (χ4v) is 2.93. The summed E-state index contributed by atoms with van der Waals surface area (Å²) in [5, 5.41) is 0. The van der Waals surface area contributed by atoms with E-state index in [4.69, 9.17) is 9.47 Å². The lowest BCUT2D eigenvalue weighted by molar-refractivity contribution is -0.176. The predicted octanol–water partition coefficient (Wildman–Crippen LogP) is 1.81. The van der Waals surface area contributed by atoms with Crippen molar-refractivity contribution in [3.63, 3.8) is 0 Å². The van der Waals surface area contributed by atoms with Gasteiger partial charge in [-0.1, -0.05) is 0 Å². The molecule has 2 aliphatic rings. The minimum absolute atomic E-state index is 0.204. The highest BCUT2D eigenvalue weighted by Crippen LogP contribution is 2.30. The minimum Gasteiger partial charge on any atom is -0.428 e. The van der Waals surface area contributed by atoms with Crippen LogP contribution in [0.2, 0.25) is 0 Å². The van der Waals surface area contributed by atoms with Crippen LogP contribution in [0.4, 0.5) is 0 Å². The number of imide groups is 1. The number of hydrogen-bond acceptors (Lipinski definition) is 6. The van der Waals surface area contributed by atoms with E-state index >= 15 is 0 Å². The first-order valence-electron chi connectivity index (χ1n) is 8.56. The standard InChI is InChI=1S/C18H25NO6/c1-18(2,3)17(23)25-11-24-16(22)13-6-4-12(5-7-13)10-19-14(20)8-9-15(19)21/h8-9,12-13H,4-7,10-11H2,1-3H3. The van der Waals surface area contributed by atoms with E-state index in [0.29, 0.717) is 19.4 Å². The molecule has 25 heavy (non-hydrogen) atoms. The maximum absolute atomic E-state index is 12.0. The van der Waals surface area contributed by atoms with Gasteiger partial charge in [0.25, 0.3) is 11.8 Å². The third-order valence-electron chi connectivity index (χ3n) is 4.52. The summed E-state index contributed by atoms with van der Waals surface area (Å²) < 4.78 is 9.97. The molecule has 2 amide bonds. The van der Waals surface area contributed by atoms with E-state index in [-0.39, 0.29) is 36.4 Å². The van der Waals surface area contributed by atoms with Gasteiger partial charge in [0.2, 0.25) is 6.79 Å². The average Bonchev–Trinajstić information content (AvgIpc) is 2.86. The normalized spacial score (nSPS) is 23.7. The zero-order chi connectivity index (χ0) is 18.6. The fourth-order valence-electron chi connectivity index (χ4n) is 2.93. The Labute approximate surface area is 147 Å². The summed E-state index contributed by atoms with van der Waals surface area (Å²) >= 11 is 0. The molecule has 0 atom stereocenters. The molecular formula is C18H25NO6. The summed E-state index contributed by atoms with van der Waals surface area (Å²) in [5.41, 5.74) is -0.635. The Kier molecular flexibility index (Phi) is 5.98. The van der Waals surface area contributed by atoms with Crippen LogP contribution in [0.15, 0.2) is 12.2 Å². The molecule has 2 rings (SSSR count). The SMILES string of the molecule is CC(C)(C)C(=O)OCOC(=O)C1CCC(CN2C(=O)C=CC2=O)CC1. The van der Waals surface area contributed by atoms with Crippen molar-refractivity contribution in [2.24, 2.45) is 17.3 Å². The second-order valence-corrected chi connectivity index (χ2v) is 7.60. The highest BCUT2D eigenvalue weighted by molar-refractivity contribution is 6.12. The van der Waals surface area contributed by atoms with Crippen molar-refractivity contribution >= 4 is 23.8 Å². The Bertz CT molecular complexity index is 563. The maximum atomic E-state index is 12.0. The summed E-state index contributed by atoms with van der Waals surface area (Å²) in [5.74, 6) is -1.35. The second kappa shape index (κ2) is 7.80. The highest BCUT2D eigenvalue weighted by Gasteiger charge is 2.32. The zero-order valence-corrected chi connectivity index (χ0v) is 14.9. The van der Waals surface area contributed by atoms with Crippen LogP contribution in [0.3, 0.4) is 0 Å². The van der Waals surface area contributed by atoms with Crippen molar-refractivity contribution in [1.29, 1.82) is 0 Å². The summed E-state index contributed by atoms with van der Waals surface area (Å²) in [7, 11) is 0. The molecule has 1 saturated carbocycles. The van der Waals surface area contributed by atoms with E-state index < -0.39 is 11.4 Å². The van der Waals surface area contributed by atoms with Gasteiger partial charge in [-0.25, -0.2) is 0 Å². The van der Waals surface area contributed by atoms with Crippen LogP contribution in [0.25, 0.3) is 0 Å². The smallest absolute Gasteiger partial charge is 0.314 e. The number of hydrogen-bond donors (Lipinski definition) is 0. The molecule has 138 valence electrons. The summed E-state index contributed by atoms with van der Waals surface area (Å²) in [4.78, 5) is 48.0. The van der Waals surface area contributed by atoms with E-state index in [9.17, 15) is 19.2 Å². The Hall–Kier alpha value is -2.18. The molecule has 7 heteroatoms. The van der Waals surface area contributed by atoms with Crippen LogP contribution in [-0.4, -0.2) is 42.0 Å². The number of amides is 2. The molecule has 0 saturated heterocycles. The molecule has 1 fully saturated rings. The van der Waals surface area contributed by atoms with Crippen LogP contribution >= 0.6 is 0 Å². The van der Waals surface area contributed by atoms with Gasteiger partial charge in [-0.3, -0.25) is 24.1 Å². The van der Waals surface area contributed by atoms with E-state index in [1.165, 1.54) is 17.1 Å². The van der Waals surface area contributed by atoms with E-state index in [1.807, 2.05) is 0 Å². The van der Waals surface area contributed by atoms with Crippen LogP contribution in [0.1, 0.15) is 46.5 Å². The van der Waals surface area contributed by atoms with E-state index in [2.05, 4.69) is 0 Å². The van der Waals surface area contributed by atoms with Crippen molar-refractivity contribution < 1.29 is 28.7 Å². The van der Waals surface area contributed by atoms with Gasteiger partial charge in [0.15, 0.2) is 0 Å². The van der Waals surface area contributed by atoms with Crippen molar-refractivity contribution in [2.45, 2.75) is 46.5 Å². The third-order valence-corrected chi connectivity index (χ3v) is 4.52. The van der Waals surface area contributed by atoms with Gasteiger partial charge >= 0.3 is 11.9 Å². The van der Waals surface area contributed by atoms with Crippen molar-refractivity contribution in [2.75, 3.05) is 13.3 Å². The fraction of sp³-hybridized carbons (Fsp3) is 0.667. The number of esters is 2. The number of ether oxygens (including phenoxy) is 2. The minimum atomic E-state index is -0.635. The monoisotopic (exact) mass is 351 g/mol. The molecule has 0 aromatic rings. The Morgan fingerprint density at radius 3 is 2.12 bits per heavy atom. The first-order valence-corrected chi connectivity index (χ1v) is 8.56. The van der Waals surface area contributed by atoms with Crippen molar-refractivity contribution in [1.82, 2.24) is 4.90 Å². The molecule has 0 N–H and O–H groups in total. The third kappa shape index (κ3) is 5.14. The van der Waals surface area contributed by atoms with Gasteiger partial charge in [-0.15, -0.1) is 0 Å². The molecule has 1 heterocycles. The molecule has 1 aliphatic carbocycles. The van der Waals surface area contributed by atoms with Gasteiger partial charge < -0.3 is 9.47 Å². The Morgan fingerprint density at radius 1 is 1.04 bits per heavy atom. The van der Waals surface area contributed by atoms with Crippen molar-refractivity contribution in [3.8, 4) is 0 Å². The molecule has 0 bridgehead atoms. The van der Waals surface area contributed by atoms with E-state index in [1.54, 1.807) is 20.8 Å². The first kappa shape index (κ1) is 19.1. The first-order chi connectivity index (χ1) is 11.7. The summed E-state index contributed by atoms with van der Waals surface area (Å²) in [6.07, 6.45) is 5.34. The number of nitrogens with zero attached hydrogens (tertiary/aromatic N) is 1. The van der Waals surface area contributed by atoms with Gasteiger partial charge in [-0.05, 0) is 52.4 Å². The lowest BCUT2D eigenvalue weighted by Gasteiger charge is -2.29. The molecular weight excluding hydrogens is 326 g/mol. The molecule has 0 spiro atoms. The molecule has 0 aromatic carbocycles. The average molecular weight is 351 g/mol. The molecule has 0 aromatic heterocycles. The number of carbonyl (C=O) groups excluding carboxylic acids is 4. The van der Waals surface area contributed by atoms with Crippen LogP contribution in [0.5, 0.6) is 0 Å². The van der Waals surface area contributed by atoms with E-state index in [0.717, 1.165) is 12.8 Å². The molecule has 0 unspecified atom stereocenters. The topological polar surface area (TPSA) is 90.0 Å².